The van der Waals surface area contributed by atoms with Gasteiger partial charge in [-0.2, -0.15) is 0 Å². The Morgan fingerprint density at radius 2 is 1.89 bits per heavy atom. The second-order valence-corrected chi connectivity index (χ2v) is 5.24. The van der Waals surface area contributed by atoms with Crippen LogP contribution in [0.5, 0.6) is 0 Å². The van der Waals surface area contributed by atoms with Gasteiger partial charge in [-0.05, 0) is 49.9 Å². The summed E-state index contributed by atoms with van der Waals surface area (Å²) in [5.41, 5.74) is 5.09. The highest BCUT2D eigenvalue weighted by molar-refractivity contribution is 5.26. The first kappa shape index (κ1) is 13.8. The van der Waals surface area contributed by atoms with E-state index in [9.17, 15) is 0 Å². The van der Waals surface area contributed by atoms with Crippen molar-refractivity contribution < 1.29 is 0 Å². The number of aromatic nitrogens is 1. The van der Waals surface area contributed by atoms with Gasteiger partial charge in [-0.3, -0.25) is 4.98 Å². The smallest absolute Gasteiger partial charge is 0.0541 e. The van der Waals surface area contributed by atoms with Crippen LogP contribution in [0.2, 0.25) is 0 Å². The van der Waals surface area contributed by atoms with Crippen LogP contribution in [0.4, 0.5) is 0 Å². The minimum absolute atomic E-state index is 0.448. The highest BCUT2D eigenvalue weighted by Crippen LogP contribution is 2.10. The normalized spacial score (nSPS) is 12.4. The Bertz CT molecular complexity index is 517. The monoisotopic (exact) mass is 254 g/mol. The largest absolute Gasteiger partial charge is 0.308 e. The van der Waals surface area contributed by atoms with Gasteiger partial charge in [0.15, 0.2) is 0 Å². The molecule has 1 N–H and O–H groups in total. The molecule has 19 heavy (non-hydrogen) atoms. The molecule has 2 heteroatoms. The maximum absolute atomic E-state index is 4.41. The quantitative estimate of drug-likeness (QED) is 0.884. The zero-order valence-corrected chi connectivity index (χ0v) is 12.0. The van der Waals surface area contributed by atoms with E-state index in [-0.39, 0.29) is 0 Å². The van der Waals surface area contributed by atoms with E-state index in [0.29, 0.717) is 6.04 Å². The molecule has 0 saturated carbocycles. The summed E-state index contributed by atoms with van der Waals surface area (Å²) < 4.78 is 0. The minimum Gasteiger partial charge on any atom is -0.308 e. The van der Waals surface area contributed by atoms with Crippen molar-refractivity contribution in [2.24, 2.45) is 0 Å². The SMILES string of the molecule is Cc1ccc(CNC(C)Cc2ccccc2C)nc1. The Hall–Kier alpha value is -1.67. The third-order valence-electron chi connectivity index (χ3n) is 3.39. The van der Waals surface area contributed by atoms with Crippen molar-refractivity contribution in [2.45, 2.75) is 39.8 Å². The number of nitrogens with zero attached hydrogens (tertiary/aromatic N) is 1. The molecule has 0 amide bonds. The van der Waals surface area contributed by atoms with Crippen molar-refractivity contribution in [3.05, 3.63) is 65.0 Å². The fourth-order valence-electron chi connectivity index (χ4n) is 2.12. The third-order valence-corrected chi connectivity index (χ3v) is 3.39. The zero-order valence-electron chi connectivity index (χ0n) is 12.0. The highest BCUT2D eigenvalue weighted by atomic mass is 14.9. The number of aryl methyl sites for hydroxylation is 2. The zero-order chi connectivity index (χ0) is 13.7. The van der Waals surface area contributed by atoms with Gasteiger partial charge in [0.05, 0.1) is 5.69 Å². The van der Waals surface area contributed by atoms with Crippen molar-refractivity contribution in [1.82, 2.24) is 10.3 Å². The van der Waals surface area contributed by atoms with Crippen LogP contribution in [-0.4, -0.2) is 11.0 Å². The van der Waals surface area contributed by atoms with E-state index in [1.165, 1.54) is 16.7 Å². The van der Waals surface area contributed by atoms with Crippen LogP contribution in [-0.2, 0) is 13.0 Å². The maximum atomic E-state index is 4.41. The Kier molecular flexibility index (Phi) is 4.69. The second-order valence-electron chi connectivity index (χ2n) is 5.24. The van der Waals surface area contributed by atoms with Crippen molar-refractivity contribution in [1.29, 1.82) is 0 Å². The lowest BCUT2D eigenvalue weighted by atomic mass is 10.0. The molecule has 0 aliphatic carbocycles. The molecule has 2 aromatic rings. The molecule has 1 unspecified atom stereocenters. The van der Waals surface area contributed by atoms with Gasteiger partial charge >= 0.3 is 0 Å². The van der Waals surface area contributed by atoms with Crippen LogP contribution in [0.25, 0.3) is 0 Å². The van der Waals surface area contributed by atoms with E-state index in [1.54, 1.807) is 0 Å². The fraction of sp³-hybridized carbons (Fsp3) is 0.353. The highest BCUT2D eigenvalue weighted by Gasteiger charge is 2.05. The van der Waals surface area contributed by atoms with E-state index in [1.807, 2.05) is 6.20 Å². The first-order chi connectivity index (χ1) is 9.15. The number of benzene rings is 1. The van der Waals surface area contributed by atoms with Gasteiger partial charge in [-0.1, -0.05) is 30.3 Å². The summed E-state index contributed by atoms with van der Waals surface area (Å²) in [6.45, 7) is 7.28. The van der Waals surface area contributed by atoms with Crippen LogP contribution in [0.15, 0.2) is 42.6 Å². The van der Waals surface area contributed by atoms with Crippen molar-refractivity contribution >= 4 is 0 Å². The number of hydrogen-bond donors (Lipinski definition) is 1. The number of rotatable bonds is 5. The molecule has 0 aliphatic rings. The predicted molar refractivity (Wildman–Crippen MR) is 80.2 cm³/mol. The summed E-state index contributed by atoms with van der Waals surface area (Å²) in [5, 5.41) is 3.53. The van der Waals surface area contributed by atoms with Gasteiger partial charge in [-0.25, -0.2) is 0 Å². The van der Waals surface area contributed by atoms with E-state index in [2.05, 4.69) is 67.5 Å². The van der Waals surface area contributed by atoms with Gasteiger partial charge in [0.2, 0.25) is 0 Å². The van der Waals surface area contributed by atoms with Crippen LogP contribution in [0, 0.1) is 13.8 Å². The Morgan fingerprint density at radius 3 is 2.58 bits per heavy atom. The molecular formula is C17H22N2. The molecule has 0 bridgehead atoms. The van der Waals surface area contributed by atoms with Crippen LogP contribution in [0.1, 0.15) is 29.3 Å². The summed E-state index contributed by atoms with van der Waals surface area (Å²) >= 11 is 0. The molecule has 0 radical (unpaired) electrons. The second kappa shape index (κ2) is 6.48. The molecule has 0 aliphatic heterocycles. The lowest BCUT2D eigenvalue weighted by Gasteiger charge is -2.15. The first-order valence-electron chi connectivity index (χ1n) is 6.84. The molecule has 100 valence electrons. The van der Waals surface area contributed by atoms with E-state index in [4.69, 9.17) is 0 Å². The molecule has 1 heterocycles. The Morgan fingerprint density at radius 1 is 1.11 bits per heavy atom. The maximum Gasteiger partial charge on any atom is 0.0541 e. The van der Waals surface area contributed by atoms with Crippen molar-refractivity contribution in [3.63, 3.8) is 0 Å². The van der Waals surface area contributed by atoms with Gasteiger partial charge in [0.1, 0.15) is 0 Å². The van der Waals surface area contributed by atoms with Gasteiger partial charge in [-0.15, -0.1) is 0 Å². The minimum atomic E-state index is 0.448. The number of nitrogens with one attached hydrogen (secondary N) is 1. The third kappa shape index (κ3) is 4.18. The topological polar surface area (TPSA) is 24.9 Å². The Balaban J connectivity index is 1.86. The summed E-state index contributed by atoms with van der Waals surface area (Å²) in [7, 11) is 0. The molecule has 1 aromatic heterocycles. The van der Waals surface area contributed by atoms with E-state index >= 15 is 0 Å². The van der Waals surface area contributed by atoms with Gasteiger partial charge in [0.25, 0.3) is 0 Å². The molecule has 0 spiro atoms. The van der Waals surface area contributed by atoms with Crippen LogP contribution in [0.3, 0.4) is 0 Å². The summed E-state index contributed by atoms with van der Waals surface area (Å²) in [5.74, 6) is 0. The number of hydrogen-bond acceptors (Lipinski definition) is 2. The average Bonchev–Trinajstić information content (AvgIpc) is 2.41. The standard InChI is InChI=1S/C17H22N2/c1-13-8-9-17(19-11-13)12-18-15(3)10-16-7-5-4-6-14(16)2/h4-9,11,15,18H,10,12H2,1-3H3. The fourth-order valence-corrected chi connectivity index (χ4v) is 2.12. The van der Waals surface area contributed by atoms with Crippen molar-refractivity contribution in [3.8, 4) is 0 Å². The molecule has 1 aromatic carbocycles. The molecule has 2 rings (SSSR count). The Labute approximate surface area is 115 Å². The summed E-state index contributed by atoms with van der Waals surface area (Å²) in [6.07, 6.45) is 2.97. The van der Waals surface area contributed by atoms with E-state index in [0.717, 1.165) is 18.7 Å². The summed E-state index contributed by atoms with van der Waals surface area (Å²) in [6, 6.07) is 13.2. The lowest BCUT2D eigenvalue weighted by molar-refractivity contribution is 0.539. The molecule has 0 saturated heterocycles. The first-order valence-corrected chi connectivity index (χ1v) is 6.84. The predicted octanol–water partition coefficient (Wildman–Crippen LogP) is 3.42. The van der Waals surface area contributed by atoms with E-state index < -0.39 is 0 Å². The van der Waals surface area contributed by atoms with Crippen LogP contribution >= 0.6 is 0 Å². The van der Waals surface area contributed by atoms with Gasteiger partial charge in [0, 0.05) is 18.8 Å². The number of pyridine rings is 1. The molecular weight excluding hydrogens is 232 g/mol. The van der Waals surface area contributed by atoms with Crippen molar-refractivity contribution in [2.75, 3.05) is 0 Å². The molecule has 2 nitrogen and oxygen atoms in total. The average molecular weight is 254 g/mol. The lowest BCUT2D eigenvalue weighted by Crippen LogP contribution is -2.28. The summed E-state index contributed by atoms with van der Waals surface area (Å²) in [4.78, 5) is 4.41. The molecule has 1 atom stereocenters. The van der Waals surface area contributed by atoms with Crippen LogP contribution < -0.4 is 5.32 Å². The molecule has 0 fully saturated rings. The van der Waals surface area contributed by atoms with Gasteiger partial charge < -0.3 is 5.32 Å².